The molecular weight excluding hydrogens is 362 g/mol. The van der Waals surface area contributed by atoms with Gasteiger partial charge in [-0.3, -0.25) is 0 Å². The minimum absolute atomic E-state index is 0.282. The molecule has 0 N–H and O–H groups in total. The van der Waals surface area contributed by atoms with E-state index in [2.05, 4.69) is 6.92 Å². The van der Waals surface area contributed by atoms with Crippen molar-refractivity contribution in [2.45, 2.75) is 64.7 Å². The first-order valence-corrected chi connectivity index (χ1v) is 10.4. The van der Waals surface area contributed by atoms with E-state index in [1.165, 1.54) is 43.7 Å². The molecular formula is C24H29ClF2. The number of hydrogen-bond acceptors (Lipinski definition) is 0. The second-order valence-corrected chi connectivity index (χ2v) is 7.29. The van der Waals surface area contributed by atoms with Crippen LogP contribution in [0, 0.1) is 11.6 Å². The van der Waals surface area contributed by atoms with Crippen LogP contribution in [-0.2, 0) is 12.8 Å². The molecule has 3 heteroatoms. The van der Waals surface area contributed by atoms with Crippen LogP contribution >= 0.6 is 11.6 Å². The molecule has 0 saturated carbocycles. The van der Waals surface area contributed by atoms with Gasteiger partial charge >= 0.3 is 0 Å². The number of rotatable bonds is 11. The quantitative estimate of drug-likeness (QED) is 0.339. The summed E-state index contributed by atoms with van der Waals surface area (Å²) in [6.45, 7) is 2.21. The van der Waals surface area contributed by atoms with Crippen molar-refractivity contribution in [2.75, 3.05) is 0 Å². The van der Waals surface area contributed by atoms with Crippen molar-refractivity contribution in [1.29, 1.82) is 0 Å². The molecule has 0 aliphatic rings. The van der Waals surface area contributed by atoms with E-state index in [4.69, 9.17) is 11.6 Å². The van der Waals surface area contributed by atoms with Gasteiger partial charge in [-0.2, -0.15) is 0 Å². The third-order valence-corrected chi connectivity index (χ3v) is 5.06. The summed E-state index contributed by atoms with van der Waals surface area (Å²) in [6, 6.07) is 10.3. The lowest BCUT2D eigenvalue weighted by atomic mass is 9.98. The maximum atomic E-state index is 14.5. The van der Waals surface area contributed by atoms with Crippen molar-refractivity contribution in [3.05, 3.63) is 70.8 Å². The lowest BCUT2D eigenvalue weighted by Crippen LogP contribution is -1.94. The third kappa shape index (κ3) is 7.10. The average molecular weight is 391 g/mol. The third-order valence-electron chi connectivity index (χ3n) is 4.89. The van der Waals surface area contributed by atoms with Crippen LogP contribution in [0.25, 0.3) is 11.1 Å². The first kappa shape index (κ1) is 21.6. The molecule has 0 spiro atoms. The van der Waals surface area contributed by atoms with Crippen molar-refractivity contribution < 1.29 is 8.78 Å². The Balaban J connectivity index is 1.97. The van der Waals surface area contributed by atoms with Crippen LogP contribution in [0.2, 0.25) is 0 Å². The Kier molecular flexibility index (Phi) is 9.55. The fourth-order valence-electron chi connectivity index (χ4n) is 3.28. The van der Waals surface area contributed by atoms with Crippen molar-refractivity contribution in [3.8, 4) is 11.1 Å². The first-order chi connectivity index (χ1) is 13.2. The highest BCUT2D eigenvalue weighted by Crippen LogP contribution is 2.26. The Morgan fingerprint density at radius 2 is 1.63 bits per heavy atom. The van der Waals surface area contributed by atoms with Crippen molar-refractivity contribution in [2.24, 2.45) is 0 Å². The number of aryl methyl sites for hydroxylation is 2. The topological polar surface area (TPSA) is 0 Å². The number of benzene rings is 2. The van der Waals surface area contributed by atoms with E-state index >= 15 is 0 Å². The Hall–Kier alpha value is -1.67. The summed E-state index contributed by atoms with van der Waals surface area (Å²) in [7, 11) is 0. The van der Waals surface area contributed by atoms with E-state index < -0.39 is 0 Å². The second-order valence-electron chi connectivity index (χ2n) is 7.04. The first-order valence-electron chi connectivity index (χ1n) is 9.98. The highest BCUT2D eigenvalue weighted by Gasteiger charge is 2.09. The smallest absolute Gasteiger partial charge is 0.131 e. The van der Waals surface area contributed by atoms with Gasteiger partial charge in [0, 0.05) is 11.1 Å². The Morgan fingerprint density at radius 1 is 0.852 bits per heavy atom. The molecule has 0 unspecified atom stereocenters. The van der Waals surface area contributed by atoms with Crippen LogP contribution < -0.4 is 0 Å². The van der Waals surface area contributed by atoms with Crippen LogP contribution in [-0.4, -0.2) is 0 Å². The molecule has 0 bridgehead atoms. The predicted octanol–water partition coefficient (Wildman–Crippen LogP) is 8.22. The van der Waals surface area contributed by atoms with Gasteiger partial charge in [0.25, 0.3) is 0 Å². The van der Waals surface area contributed by atoms with Crippen molar-refractivity contribution >= 4 is 11.6 Å². The molecule has 0 aliphatic heterocycles. The molecule has 2 aromatic rings. The summed E-state index contributed by atoms with van der Waals surface area (Å²) in [4.78, 5) is 0. The van der Waals surface area contributed by atoms with Gasteiger partial charge in [0.1, 0.15) is 11.6 Å². The van der Waals surface area contributed by atoms with Gasteiger partial charge in [0.05, 0.1) is 0 Å². The standard InChI is InChI=1S/C24H29ClF2/c1-2-3-4-5-6-7-10-19-12-15-22(24(27)17-19)21-14-13-20(23(26)18-21)11-8-9-16-25/h9,12-18H,2-8,10-11H2,1H3. The van der Waals surface area contributed by atoms with Crippen LogP contribution in [0.5, 0.6) is 0 Å². The van der Waals surface area contributed by atoms with E-state index in [9.17, 15) is 8.78 Å². The number of unbranched alkanes of at least 4 members (excludes halogenated alkanes) is 5. The molecule has 0 nitrogen and oxygen atoms in total. The fraction of sp³-hybridized carbons (Fsp3) is 0.417. The van der Waals surface area contributed by atoms with E-state index in [1.807, 2.05) is 6.07 Å². The maximum Gasteiger partial charge on any atom is 0.131 e. The molecule has 27 heavy (non-hydrogen) atoms. The van der Waals surface area contributed by atoms with Crippen molar-refractivity contribution in [3.63, 3.8) is 0 Å². The molecule has 146 valence electrons. The zero-order chi connectivity index (χ0) is 19.5. The summed E-state index contributed by atoms with van der Waals surface area (Å²) in [6.07, 6.45) is 11.3. The zero-order valence-electron chi connectivity index (χ0n) is 16.1. The van der Waals surface area contributed by atoms with Gasteiger partial charge in [-0.1, -0.05) is 81.0 Å². The Bertz CT molecular complexity index is 737. The van der Waals surface area contributed by atoms with Crippen molar-refractivity contribution in [1.82, 2.24) is 0 Å². The fourth-order valence-corrected chi connectivity index (χ4v) is 3.40. The highest BCUT2D eigenvalue weighted by atomic mass is 35.5. The molecule has 0 atom stereocenters. The van der Waals surface area contributed by atoms with Crippen LogP contribution in [0.15, 0.2) is 48.0 Å². The van der Waals surface area contributed by atoms with Gasteiger partial charge in [-0.25, -0.2) is 8.78 Å². The van der Waals surface area contributed by atoms with Gasteiger partial charge in [-0.15, -0.1) is 0 Å². The predicted molar refractivity (Wildman–Crippen MR) is 112 cm³/mol. The zero-order valence-corrected chi connectivity index (χ0v) is 16.9. The summed E-state index contributed by atoms with van der Waals surface area (Å²) < 4.78 is 28.8. The molecule has 0 fully saturated rings. The van der Waals surface area contributed by atoms with Crippen LogP contribution in [0.3, 0.4) is 0 Å². The van der Waals surface area contributed by atoms with Crippen LogP contribution in [0.4, 0.5) is 8.78 Å². The molecule has 2 aromatic carbocycles. The minimum Gasteiger partial charge on any atom is -0.207 e. The SMILES string of the molecule is CCCCCCCCc1ccc(-c2ccc(CCC=CCl)c(F)c2)c(F)c1. The molecule has 0 radical (unpaired) electrons. The minimum atomic E-state index is -0.300. The molecule has 0 aliphatic carbocycles. The summed E-state index contributed by atoms with van der Waals surface area (Å²) in [5.74, 6) is -0.582. The molecule has 0 aromatic heterocycles. The second kappa shape index (κ2) is 11.9. The number of hydrogen-bond donors (Lipinski definition) is 0. The van der Waals surface area contributed by atoms with E-state index in [0.717, 1.165) is 18.4 Å². The summed E-state index contributed by atoms with van der Waals surface area (Å²) >= 11 is 5.49. The highest BCUT2D eigenvalue weighted by molar-refractivity contribution is 6.25. The maximum absolute atomic E-state index is 14.5. The Labute approximate surface area is 167 Å². The molecule has 2 rings (SSSR count). The monoisotopic (exact) mass is 390 g/mol. The summed E-state index contributed by atoms with van der Waals surface area (Å²) in [5.41, 5.74) is 4.10. The van der Waals surface area contributed by atoms with Gasteiger partial charge in [0.2, 0.25) is 0 Å². The lowest BCUT2D eigenvalue weighted by molar-refractivity contribution is 0.602. The van der Waals surface area contributed by atoms with Crippen LogP contribution in [0.1, 0.15) is 63.0 Å². The normalized spacial score (nSPS) is 11.4. The van der Waals surface area contributed by atoms with E-state index in [0.29, 0.717) is 29.5 Å². The summed E-state index contributed by atoms with van der Waals surface area (Å²) in [5, 5.41) is 0. The lowest BCUT2D eigenvalue weighted by Gasteiger charge is -2.09. The van der Waals surface area contributed by atoms with Gasteiger partial charge in [-0.05, 0) is 54.5 Å². The van der Waals surface area contributed by atoms with E-state index in [1.54, 1.807) is 30.3 Å². The number of halogens is 3. The number of allylic oxidation sites excluding steroid dienone is 1. The molecule has 0 amide bonds. The largest absolute Gasteiger partial charge is 0.207 e. The Morgan fingerprint density at radius 3 is 2.33 bits per heavy atom. The molecule has 0 heterocycles. The van der Waals surface area contributed by atoms with E-state index in [-0.39, 0.29) is 11.6 Å². The van der Waals surface area contributed by atoms with Gasteiger partial charge < -0.3 is 0 Å². The molecule has 0 saturated heterocycles. The van der Waals surface area contributed by atoms with Gasteiger partial charge in [0.15, 0.2) is 0 Å². The average Bonchev–Trinajstić information content (AvgIpc) is 2.66.